The van der Waals surface area contributed by atoms with Crippen molar-refractivity contribution in [2.45, 2.75) is 77.7 Å². The third-order valence-corrected chi connectivity index (χ3v) is 3.68. The monoisotopic (exact) mass is 322 g/mol. The number of carbonyl (C=O) groups is 1. The van der Waals surface area contributed by atoms with E-state index in [-0.39, 0.29) is 17.7 Å². The van der Waals surface area contributed by atoms with Crippen molar-refractivity contribution in [3.63, 3.8) is 0 Å². The molecule has 0 spiro atoms. The molecule has 1 aromatic rings. The molecule has 0 unspecified atom stereocenters. The fourth-order valence-electron chi connectivity index (χ4n) is 2.51. The van der Waals surface area contributed by atoms with Crippen LogP contribution in [0.5, 0.6) is 0 Å². The molecule has 1 amide bonds. The summed E-state index contributed by atoms with van der Waals surface area (Å²) in [6.07, 6.45) is 3.01. The van der Waals surface area contributed by atoms with Crippen molar-refractivity contribution in [1.82, 2.24) is 15.6 Å². The van der Waals surface area contributed by atoms with Crippen LogP contribution in [0.3, 0.4) is 0 Å². The summed E-state index contributed by atoms with van der Waals surface area (Å²) in [5.74, 6) is 0.219. The van der Waals surface area contributed by atoms with Gasteiger partial charge in [-0.1, -0.05) is 47.5 Å². The molecule has 0 aliphatic heterocycles. The number of hydrogen-bond donors (Lipinski definition) is 3. The Kier molecular flexibility index (Phi) is 6.94. The standard InChI is InChI=1S/C17H30N4O2/c1-6-10-17(23,11-7-2)12-15(22)21-20-14-9-8-13(18-19-14)16(3,4)5/h8-9,23H,6-7,10-12H2,1-5H3,(H,19,20)(H,21,22). The van der Waals surface area contributed by atoms with E-state index in [2.05, 4.69) is 41.8 Å². The van der Waals surface area contributed by atoms with Crippen molar-refractivity contribution in [1.29, 1.82) is 0 Å². The van der Waals surface area contributed by atoms with Gasteiger partial charge < -0.3 is 5.11 Å². The summed E-state index contributed by atoms with van der Waals surface area (Å²) >= 11 is 0. The summed E-state index contributed by atoms with van der Waals surface area (Å²) in [5, 5.41) is 18.7. The quantitative estimate of drug-likeness (QED) is 0.641. The number of rotatable bonds is 8. The van der Waals surface area contributed by atoms with Crippen molar-refractivity contribution >= 4 is 11.7 Å². The molecule has 0 aliphatic carbocycles. The molecule has 1 aromatic heterocycles. The third kappa shape index (κ3) is 6.52. The molecule has 0 bridgehead atoms. The molecule has 130 valence electrons. The predicted octanol–water partition coefficient (Wildman–Crippen LogP) is 2.94. The smallest absolute Gasteiger partial charge is 0.241 e. The van der Waals surface area contributed by atoms with E-state index in [9.17, 15) is 9.90 Å². The normalized spacial score (nSPS) is 12.1. The van der Waals surface area contributed by atoms with Crippen LogP contribution in [-0.4, -0.2) is 26.8 Å². The number of carbonyl (C=O) groups excluding carboxylic acids is 1. The van der Waals surface area contributed by atoms with Gasteiger partial charge in [0.05, 0.1) is 17.7 Å². The minimum Gasteiger partial charge on any atom is -0.389 e. The van der Waals surface area contributed by atoms with E-state index >= 15 is 0 Å². The van der Waals surface area contributed by atoms with E-state index in [1.165, 1.54) is 0 Å². The molecule has 0 aliphatic rings. The van der Waals surface area contributed by atoms with Gasteiger partial charge >= 0.3 is 0 Å². The molecular formula is C17H30N4O2. The van der Waals surface area contributed by atoms with E-state index < -0.39 is 5.60 Å². The van der Waals surface area contributed by atoms with Crippen LogP contribution in [0.2, 0.25) is 0 Å². The van der Waals surface area contributed by atoms with Gasteiger partial charge in [0.25, 0.3) is 0 Å². The number of aliphatic hydroxyl groups is 1. The van der Waals surface area contributed by atoms with Crippen molar-refractivity contribution in [3.8, 4) is 0 Å². The summed E-state index contributed by atoms with van der Waals surface area (Å²) in [6.45, 7) is 10.2. The van der Waals surface area contributed by atoms with Gasteiger partial charge in [-0.2, -0.15) is 5.10 Å². The van der Waals surface area contributed by atoms with Gasteiger partial charge in [-0.15, -0.1) is 5.10 Å². The molecule has 1 rings (SSSR count). The number of aromatic nitrogens is 2. The zero-order valence-electron chi connectivity index (χ0n) is 14.9. The molecule has 0 saturated carbocycles. The minimum absolute atomic E-state index is 0.0639. The molecule has 0 radical (unpaired) electrons. The first kappa shape index (κ1) is 19.4. The highest BCUT2D eigenvalue weighted by Gasteiger charge is 2.28. The number of nitrogens with zero attached hydrogens (tertiary/aromatic N) is 2. The van der Waals surface area contributed by atoms with E-state index in [1.807, 2.05) is 19.9 Å². The van der Waals surface area contributed by atoms with Crippen LogP contribution in [-0.2, 0) is 10.2 Å². The zero-order chi connectivity index (χ0) is 17.5. The Morgan fingerprint density at radius 3 is 2.17 bits per heavy atom. The third-order valence-electron chi connectivity index (χ3n) is 3.68. The second-order valence-electron chi connectivity index (χ2n) is 7.13. The lowest BCUT2D eigenvalue weighted by atomic mass is 9.89. The van der Waals surface area contributed by atoms with Crippen LogP contribution in [0.4, 0.5) is 5.82 Å². The van der Waals surface area contributed by atoms with Gasteiger partial charge in [-0.05, 0) is 25.0 Å². The van der Waals surface area contributed by atoms with Crippen molar-refractivity contribution < 1.29 is 9.90 Å². The molecular weight excluding hydrogens is 292 g/mol. The van der Waals surface area contributed by atoms with Gasteiger partial charge in [0.1, 0.15) is 0 Å². The van der Waals surface area contributed by atoms with Gasteiger partial charge in [-0.3, -0.25) is 15.6 Å². The highest BCUT2D eigenvalue weighted by atomic mass is 16.3. The van der Waals surface area contributed by atoms with Crippen LogP contribution in [0.25, 0.3) is 0 Å². The van der Waals surface area contributed by atoms with Gasteiger partial charge in [0.15, 0.2) is 5.82 Å². The fourth-order valence-corrected chi connectivity index (χ4v) is 2.51. The first-order chi connectivity index (χ1) is 10.7. The molecule has 0 atom stereocenters. The van der Waals surface area contributed by atoms with E-state index in [4.69, 9.17) is 0 Å². The zero-order valence-corrected chi connectivity index (χ0v) is 14.9. The summed E-state index contributed by atoms with van der Waals surface area (Å²) in [6, 6.07) is 3.66. The average molecular weight is 322 g/mol. The summed E-state index contributed by atoms with van der Waals surface area (Å²) in [5.41, 5.74) is 5.21. The number of amides is 1. The summed E-state index contributed by atoms with van der Waals surface area (Å²) in [4.78, 5) is 12.0. The Balaban J connectivity index is 2.55. The first-order valence-electron chi connectivity index (χ1n) is 8.31. The molecule has 0 aromatic carbocycles. The number of anilines is 1. The molecule has 0 saturated heterocycles. The molecule has 23 heavy (non-hydrogen) atoms. The maximum absolute atomic E-state index is 12.0. The Labute approximate surface area is 139 Å². The Bertz CT molecular complexity index is 488. The minimum atomic E-state index is -0.933. The SMILES string of the molecule is CCCC(O)(CCC)CC(=O)NNc1ccc(C(C)(C)C)nn1. The molecule has 0 fully saturated rings. The second-order valence-corrected chi connectivity index (χ2v) is 7.13. The van der Waals surface area contributed by atoms with E-state index in [0.29, 0.717) is 18.7 Å². The second kappa shape index (κ2) is 8.24. The summed E-state index contributed by atoms with van der Waals surface area (Å²) in [7, 11) is 0. The lowest BCUT2D eigenvalue weighted by Gasteiger charge is -2.26. The van der Waals surface area contributed by atoms with Crippen LogP contribution in [0, 0.1) is 0 Å². The summed E-state index contributed by atoms with van der Waals surface area (Å²) < 4.78 is 0. The van der Waals surface area contributed by atoms with Crippen LogP contribution >= 0.6 is 0 Å². The maximum Gasteiger partial charge on any atom is 0.241 e. The van der Waals surface area contributed by atoms with Gasteiger partial charge in [0, 0.05) is 5.41 Å². The number of hydrogen-bond acceptors (Lipinski definition) is 5. The van der Waals surface area contributed by atoms with Crippen molar-refractivity contribution in [2.75, 3.05) is 5.43 Å². The lowest BCUT2D eigenvalue weighted by molar-refractivity contribution is -0.126. The topological polar surface area (TPSA) is 87.1 Å². The van der Waals surface area contributed by atoms with Crippen LogP contribution in [0.15, 0.2) is 12.1 Å². The maximum atomic E-state index is 12.0. The van der Waals surface area contributed by atoms with Gasteiger partial charge in [0.2, 0.25) is 5.91 Å². The lowest BCUT2D eigenvalue weighted by Crippen LogP contribution is -2.39. The van der Waals surface area contributed by atoms with E-state index in [0.717, 1.165) is 18.5 Å². The van der Waals surface area contributed by atoms with Crippen molar-refractivity contribution in [2.24, 2.45) is 0 Å². The Hall–Kier alpha value is -1.69. The molecule has 6 heteroatoms. The average Bonchev–Trinajstić information content (AvgIpc) is 2.45. The molecule has 6 nitrogen and oxygen atoms in total. The highest BCUT2D eigenvalue weighted by molar-refractivity contribution is 5.78. The largest absolute Gasteiger partial charge is 0.389 e. The highest BCUT2D eigenvalue weighted by Crippen LogP contribution is 2.23. The molecule has 1 heterocycles. The van der Waals surface area contributed by atoms with E-state index in [1.54, 1.807) is 6.07 Å². The Morgan fingerprint density at radius 2 is 1.74 bits per heavy atom. The number of hydrazine groups is 1. The fraction of sp³-hybridized carbons (Fsp3) is 0.706. The van der Waals surface area contributed by atoms with Crippen LogP contribution < -0.4 is 10.9 Å². The molecule has 3 N–H and O–H groups in total. The number of nitrogens with one attached hydrogen (secondary N) is 2. The van der Waals surface area contributed by atoms with Crippen LogP contribution in [0.1, 0.15) is 72.4 Å². The van der Waals surface area contributed by atoms with Gasteiger partial charge in [-0.25, -0.2) is 0 Å². The Morgan fingerprint density at radius 1 is 1.13 bits per heavy atom. The predicted molar refractivity (Wildman–Crippen MR) is 91.9 cm³/mol. The van der Waals surface area contributed by atoms with Crippen molar-refractivity contribution in [3.05, 3.63) is 17.8 Å². The first-order valence-corrected chi connectivity index (χ1v) is 8.31.